The van der Waals surface area contributed by atoms with Gasteiger partial charge in [-0.25, -0.2) is 9.97 Å². The summed E-state index contributed by atoms with van der Waals surface area (Å²) in [6, 6.07) is 0. The normalized spacial score (nSPS) is 10.5. The highest BCUT2D eigenvalue weighted by molar-refractivity contribution is 14.1. The Balaban J connectivity index is 2.69. The Morgan fingerprint density at radius 3 is 2.71 bits per heavy atom. The molecule has 0 aromatic carbocycles. The van der Waals surface area contributed by atoms with Gasteiger partial charge in [0, 0.05) is 6.61 Å². The van der Waals surface area contributed by atoms with Gasteiger partial charge in [0.2, 0.25) is 0 Å². The molecule has 0 aliphatic carbocycles. The van der Waals surface area contributed by atoms with Crippen LogP contribution in [0.4, 0.5) is 5.82 Å². The van der Waals surface area contributed by atoms with Gasteiger partial charge in [0.25, 0.3) is 0 Å². The first kappa shape index (κ1) is 11.6. The summed E-state index contributed by atoms with van der Waals surface area (Å²) in [4.78, 5) is 8.42. The average molecular weight is 307 g/mol. The third-order valence-corrected chi connectivity index (χ3v) is 3.00. The van der Waals surface area contributed by atoms with Crippen LogP contribution in [0, 0.1) is 10.5 Å². The van der Waals surface area contributed by atoms with E-state index in [-0.39, 0.29) is 0 Å². The van der Waals surface area contributed by atoms with Crippen LogP contribution in [-0.4, -0.2) is 16.6 Å². The van der Waals surface area contributed by atoms with Gasteiger partial charge in [-0.2, -0.15) is 0 Å². The summed E-state index contributed by atoms with van der Waals surface area (Å²) in [5.41, 5.74) is 6.62. The number of hydrogen-bond donors (Lipinski definition) is 1. The van der Waals surface area contributed by atoms with E-state index in [1.165, 1.54) is 0 Å². The molecule has 1 aromatic rings. The number of nitrogens with zero attached hydrogens (tertiary/aromatic N) is 2. The van der Waals surface area contributed by atoms with Crippen molar-refractivity contribution in [1.29, 1.82) is 0 Å². The lowest BCUT2D eigenvalue weighted by Gasteiger charge is -2.05. The van der Waals surface area contributed by atoms with E-state index in [1.54, 1.807) is 0 Å². The molecule has 1 heterocycles. The van der Waals surface area contributed by atoms with Gasteiger partial charge >= 0.3 is 0 Å². The van der Waals surface area contributed by atoms with Gasteiger partial charge in [0.15, 0.2) is 5.82 Å². The van der Waals surface area contributed by atoms with Crippen LogP contribution >= 0.6 is 22.6 Å². The summed E-state index contributed by atoms with van der Waals surface area (Å²) in [6.07, 6.45) is 0.999. The second kappa shape index (κ2) is 5.45. The van der Waals surface area contributed by atoms with Crippen molar-refractivity contribution in [2.45, 2.75) is 26.9 Å². The lowest BCUT2D eigenvalue weighted by atomic mass is 10.4. The molecule has 0 bridgehead atoms. The summed E-state index contributed by atoms with van der Waals surface area (Å²) in [7, 11) is 0. The molecule has 0 radical (unpaired) electrons. The Kier molecular flexibility index (Phi) is 4.53. The number of halogens is 1. The van der Waals surface area contributed by atoms with Crippen molar-refractivity contribution >= 4 is 28.4 Å². The molecule has 0 spiro atoms. The number of aromatic nitrogens is 2. The predicted molar refractivity (Wildman–Crippen MR) is 63.8 cm³/mol. The van der Waals surface area contributed by atoms with Crippen molar-refractivity contribution in [2.24, 2.45) is 0 Å². The van der Waals surface area contributed by atoms with Crippen molar-refractivity contribution in [3.8, 4) is 0 Å². The number of hydrogen-bond acceptors (Lipinski definition) is 4. The summed E-state index contributed by atoms with van der Waals surface area (Å²) < 4.78 is 6.25. The van der Waals surface area contributed by atoms with E-state index in [4.69, 9.17) is 10.5 Å². The number of nitrogens with two attached hydrogens (primary N) is 1. The number of nitrogen functional groups attached to an aromatic ring is 1. The van der Waals surface area contributed by atoms with E-state index in [2.05, 4.69) is 39.5 Å². The van der Waals surface area contributed by atoms with Crippen molar-refractivity contribution in [1.82, 2.24) is 9.97 Å². The fraction of sp³-hybridized carbons (Fsp3) is 0.556. The van der Waals surface area contributed by atoms with Crippen LogP contribution in [0.1, 0.15) is 24.9 Å². The van der Waals surface area contributed by atoms with Crippen LogP contribution in [0.3, 0.4) is 0 Å². The number of ether oxygens (including phenoxy) is 1. The maximum Gasteiger partial charge on any atom is 0.156 e. The van der Waals surface area contributed by atoms with E-state index >= 15 is 0 Å². The molecule has 14 heavy (non-hydrogen) atoms. The average Bonchev–Trinajstić information content (AvgIpc) is 2.14. The van der Waals surface area contributed by atoms with Gasteiger partial charge < -0.3 is 10.5 Å². The van der Waals surface area contributed by atoms with Crippen LogP contribution in [0.25, 0.3) is 0 Å². The minimum atomic E-state index is 0.440. The zero-order valence-electron chi connectivity index (χ0n) is 8.38. The van der Waals surface area contributed by atoms with Gasteiger partial charge in [-0.05, 0) is 35.9 Å². The molecular weight excluding hydrogens is 293 g/mol. The van der Waals surface area contributed by atoms with Crippen molar-refractivity contribution in [3.05, 3.63) is 15.1 Å². The zero-order chi connectivity index (χ0) is 10.6. The highest BCUT2D eigenvalue weighted by Crippen LogP contribution is 2.15. The van der Waals surface area contributed by atoms with Crippen LogP contribution in [0.5, 0.6) is 0 Å². The highest BCUT2D eigenvalue weighted by Gasteiger charge is 2.05. The first-order valence-corrected chi connectivity index (χ1v) is 5.59. The first-order chi connectivity index (χ1) is 6.65. The lowest BCUT2D eigenvalue weighted by Crippen LogP contribution is -2.06. The second-order valence-electron chi connectivity index (χ2n) is 2.98. The Morgan fingerprint density at radius 2 is 2.14 bits per heavy atom. The first-order valence-electron chi connectivity index (χ1n) is 4.51. The molecule has 0 atom stereocenters. The maximum atomic E-state index is 5.71. The lowest BCUT2D eigenvalue weighted by molar-refractivity contribution is 0.116. The van der Waals surface area contributed by atoms with Gasteiger partial charge in [0.05, 0.1) is 9.26 Å². The van der Waals surface area contributed by atoms with Gasteiger partial charge in [-0.3, -0.25) is 0 Å². The number of rotatable bonds is 4. The van der Waals surface area contributed by atoms with Crippen molar-refractivity contribution < 1.29 is 4.74 Å². The van der Waals surface area contributed by atoms with Crippen LogP contribution in [-0.2, 0) is 11.3 Å². The topological polar surface area (TPSA) is 61.0 Å². The van der Waals surface area contributed by atoms with E-state index < -0.39 is 0 Å². The molecule has 0 aliphatic rings. The SMILES string of the molecule is CCCOCc1nc(C)c(I)c(N)n1. The summed E-state index contributed by atoms with van der Waals surface area (Å²) in [6.45, 7) is 5.15. The molecule has 0 saturated heterocycles. The maximum absolute atomic E-state index is 5.71. The summed E-state index contributed by atoms with van der Waals surface area (Å²) in [5, 5.41) is 0. The smallest absolute Gasteiger partial charge is 0.156 e. The Hall–Kier alpha value is -0.430. The molecule has 1 aromatic heterocycles. The molecular formula is C9H14IN3O. The van der Waals surface area contributed by atoms with E-state index in [9.17, 15) is 0 Å². The molecule has 4 nitrogen and oxygen atoms in total. The zero-order valence-corrected chi connectivity index (χ0v) is 10.5. The summed E-state index contributed by atoms with van der Waals surface area (Å²) >= 11 is 2.14. The molecule has 5 heteroatoms. The summed E-state index contributed by atoms with van der Waals surface area (Å²) in [5.74, 6) is 1.20. The van der Waals surface area contributed by atoms with Gasteiger partial charge in [0.1, 0.15) is 12.4 Å². The van der Waals surface area contributed by atoms with Crippen LogP contribution in [0.2, 0.25) is 0 Å². The highest BCUT2D eigenvalue weighted by atomic mass is 127. The Morgan fingerprint density at radius 1 is 1.43 bits per heavy atom. The van der Waals surface area contributed by atoms with E-state index in [0.29, 0.717) is 18.2 Å². The van der Waals surface area contributed by atoms with Crippen molar-refractivity contribution in [2.75, 3.05) is 12.3 Å². The monoisotopic (exact) mass is 307 g/mol. The second-order valence-corrected chi connectivity index (χ2v) is 4.06. The van der Waals surface area contributed by atoms with E-state index in [1.807, 2.05) is 6.92 Å². The third-order valence-electron chi connectivity index (χ3n) is 1.67. The fourth-order valence-corrected chi connectivity index (χ4v) is 1.25. The quantitative estimate of drug-likeness (QED) is 0.682. The van der Waals surface area contributed by atoms with Crippen LogP contribution in [0.15, 0.2) is 0 Å². The fourth-order valence-electron chi connectivity index (χ4n) is 1.01. The Bertz CT molecular complexity index is 294. The van der Waals surface area contributed by atoms with Crippen molar-refractivity contribution in [3.63, 3.8) is 0 Å². The Labute approximate surface area is 97.4 Å². The van der Waals surface area contributed by atoms with Gasteiger partial charge in [-0.15, -0.1) is 0 Å². The largest absolute Gasteiger partial charge is 0.383 e. The third kappa shape index (κ3) is 3.06. The molecule has 0 aliphatic heterocycles. The molecule has 0 amide bonds. The molecule has 0 fully saturated rings. The molecule has 0 saturated carbocycles. The predicted octanol–water partition coefficient (Wildman–Crippen LogP) is 1.90. The number of aryl methyl sites for hydroxylation is 1. The van der Waals surface area contributed by atoms with Gasteiger partial charge in [-0.1, -0.05) is 6.92 Å². The van der Waals surface area contributed by atoms with E-state index in [0.717, 1.165) is 22.3 Å². The standard InChI is InChI=1S/C9H14IN3O/c1-3-4-14-5-7-12-6(2)8(10)9(11)13-7/h3-5H2,1-2H3,(H2,11,12,13). The molecule has 78 valence electrons. The minimum Gasteiger partial charge on any atom is -0.383 e. The minimum absolute atomic E-state index is 0.440. The molecule has 0 unspecified atom stereocenters. The molecule has 2 N–H and O–H groups in total. The number of anilines is 1. The molecule has 1 rings (SSSR count). The van der Waals surface area contributed by atoms with Crippen LogP contribution < -0.4 is 5.73 Å².